The van der Waals surface area contributed by atoms with E-state index in [1.54, 1.807) is 0 Å². The van der Waals surface area contributed by atoms with Gasteiger partial charge in [-0.25, -0.2) is 24.9 Å². The molecule has 8 nitrogen and oxygen atoms in total. The van der Waals surface area contributed by atoms with E-state index < -0.39 is 0 Å². The topological polar surface area (TPSA) is 95.7 Å². The minimum Gasteiger partial charge on any atom is -0.455 e. The number of furan rings is 2. The fraction of sp³-hybridized carbons (Fsp3) is 0. The van der Waals surface area contributed by atoms with Crippen LogP contribution in [0.2, 0.25) is 0 Å². The van der Waals surface area contributed by atoms with Gasteiger partial charge in [0.15, 0.2) is 28.9 Å². The molecule has 8 heteroatoms. The Hall–Kier alpha value is -8.75. The fourth-order valence-corrected chi connectivity index (χ4v) is 9.02. The van der Waals surface area contributed by atoms with Crippen molar-refractivity contribution in [2.24, 2.45) is 0 Å². The van der Waals surface area contributed by atoms with E-state index in [0.717, 1.165) is 93.8 Å². The SMILES string of the molecule is c1ccc(-c2nc(-c3ccc4oc5c(-c6nc(-c7ccccc7)c7oc8ccccc8c7n6)cccc5c4c3)nc(-c3cccc4c3c3ccccc3n4-c3ccccc3)n2)cc1. The lowest BCUT2D eigenvalue weighted by atomic mass is 10.0. The van der Waals surface area contributed by atoms with Gasteiger partial charge in [0.2, 0.25) is 0 Å². The van der Waals surface area contributed by atoms with Crippen LogP contribution in [0.15, 0.2) is 203 Å². The molecule has 5 aromatic heterocycles. The first-order valence-electron chi connectivity index (χ1n) is 20.8. The molecule has 0 unspecified atom stereocenters. The van der Waals surface area contributed by atoms with Crippen molar-refractivity contribution in [3.8, 4) is 62.5 Å². The van der Waals surface area contributed by atoms with Crippen LogP contribution in [0.25, 0.3) is 128 Å². The smallest absolute Gasteiger partial charge is 0.180 e. The minimum absolute atomic E-state index is 0.551. The van der Waals surface area contributed by atoms with Crippen LogP contribution in [-0.4, -0.2) is 29.5 Å². The summed E-state index contributed by atoms with van der Waals surface area (Å²) in [5, 5.41) is 4.99. The highest BCUT2D eigenvalue weighted by atomic mass is 16.3. The summed E-state index contributed by atoms with van der Waals surface area (Å²) < 4.78 is 15.4. The second-order valence-electron chi connectivity index (χ2n) is 15.6. The molecule has 0 saturated carbocycles. The molecule has 0 fully saturated rings. The van der Waals surface area contributed by atoms with Crippen molar-refractivity contribution in [3.05, 3.63) is 194 Å². The Morgan fingerprint density at radius 1 is 0.349 bits per heavy atom. The predicted octanol–water partition coefficient (Wildman–Crippen LogP) is 13.9. The van der Waals surface area contributed by atoms with Crippen molar-refractivity contribution >= 4 is 65.8 Å². The number of rotatable bonds is 6. The quantitative estimate of drug-likeness (QED) is 0.165. The Morgan fingerprint density at radius 2 is 0.937 bits per heavy atom. The average molecular weight is 809 g/mol. The van der Waals surface area contributed by atoms with E-state index in [1.165, 1.54) is 0 Å². The van der Waals surface area contributed by atoms with E-state index in [1.807, 2.05) is 115 Å². The van der Waals surface area contributed by atoms with Gasteiger partial charge >= 0.3 is 0 Å². The Kier molecular flexibility index (Phi) is 7.74. The molecule has 0 spiro atoms. The monoisotopic (exact) mass is 808 g/mol. The first-order chi connectivity index (χ1) is 31.2. The van der Waals surface area contributed by atoms with Crippen molar-refractivity contribution in [1.82, 2.24) is 29.5 Å². The molecule has 63 heavy (non-hydrogen) atoms. The zero-order chi connectivity index (χ0) is 41.4. The molecule has 0 aliphatic carbocycles. The summed E-state index contributed by atoms with van der Waals surface area (Å²) in [6.45, 7) is 0. The maximum absolute atomic E-state index is 6.71. The molecule has 0 N–H and O–H groups in total. The largest absolute Gasteiger partial charge is 0.455 e. The summed E-state index contributed by atoms with van der Waals surface area (Å²) >= 11 is 0. The maximum Gasteiger partial charge on any atom is 0.180 e. The van der Waals surface area contributed by atoms with Gasteiger partial charge in [-0.15, -0.1) is 0 Å². The normalized spacial score (nSPS) is 11.8. The molecule has 13 rings (SSSR count). The van der Waals surface area contributed by atoms with Crippen LogP contribution >= 0.6 is 0 Å². The summed E-state index contributed by atoms with van der Waals surface area (Å²) in [5.74, 6) is 2.29. The van der Waals surface area contributed by atoms with Crippen LogP contribution in [0.3, 0.4) is 0 Å². The highest BCUT2D eigenvalue weighted by molar-refractivity contribution is 6.16. The predicted molar refractivity (Wildman–Crippen MR) is 251 cm³/mol. The third kappa shape index (κ3) is 5.58. The van der Waals surface area contributed by atoms with E-state index in [9.17, 15) is 0 Å². The highest BCUT2D eigenvalue weighted by Crippen LogP contribution is 2.41. The van der Waals surface area contributed by atoms with E-state index in [-0.39, 0.29) is 0 Å². The molecule has 0 bridgehead atoms. The molecule has 0 aliphatic heterocycles. The third-order valence-corrected chi connectivity index (χ3v) is 11.9. The van der Waals surface area contributed by atoms with Crippen LogP contribution < -0.4 is 0 Å². The van der Waals surface area contributed by atoms with Gasteiger partial charge in [-0.2, -0.15) is 0 Å². The number of hydrogen-bond acceptors (Lipinski definition) is 7. The lowest BCUT2D eigenvalue weighted by Gasteiger charge is -2.10. The number of hydrogen-bond donors (Lipinski definition) is 0. The second-order valence-corrected chi connectivity index (χ2v) is 15.6. The molecule has 0 aliphatic rings. The van der Waals surface area contributed by atoms with Gasteiger partial charge in [0.05, 0.1) is 16.6 Å². The van der Waals surface area contributed by atoms with Gasteiger partial charge in [-0.3, -0.25) is 0 Å². The van der Waals surface area contributed by atoms with Gasteiger partial charge in [0.25, 0.3) is 0 Å². The molecular weight excluding hydrogens is 777 g/mol. The van der Waals surface area contributed by atoms with Crippen molar-refractivity contribution in [2.45, 2.75) is 0 Å². The average Bonchev–Trinajstić information content (AvgIpc) is 4.04. The Morgan fingerprint density at radius 3 is 1.76 bits per heavy atom. The molecule has 0 atom stereocenters. The Bertz CT molecular complexity index is 3910. The second kappa shape index (κ2) is 13.9. The minimum atomic E-state index is 0.551. The van der Waals surface area contributed by atoms with Crippen molar-refractivity contribution in [2.75, 3.05) is 0 Å². The van der Waals surface area contributed by atoms with E-state index in [0.29, 0.717) is 34.5 Å². The number of benzene rings is 8. The molecule has 294 valence electrons. The van der Waals surface area contributed by atoms with Gasteiger partial charge in [0, 0.05) is 54.9 Å². The summed E-state index contributed by atoms with van der Waals surface area (Å²) in [5.41, 5.74) is 12.0. The standard InChI is InChI=1S/C55H32N6O2/c1-4-16-33(17-5-1)48-51-49(39-23-11-13-29-45(39)63-51)57-55(56-48)41-26-14-24-37-42-32-35(30-31-46(42)62-50(37)41)53-58-52(34-18-6-2-7-19-34)59-54(60-53)40-25-15-28-44-47(40)38-22-10-12-27-43(38)61(44)36-20-8-3-9-21-36/h1-32H. The van der Waals surface area contributed by atoms with Gasteiger partial charge in [0.1, 0.15) is 28.0 Å². The van der Waals surface area contributed by atoms with Gasteiger partial charge in [-0.05, 0) is 60.7 Å². The zero-order valence-corrected chi connectivity index (χ0v) is 33.5. The van der Waals surface area contributed by atoms with E-state index in [4.69, 9.17) is 33.8 Å². The first-order valence-corrected chi connectivity index (χ1v) is 20.8. The van der Waals surface area contributed by atoms with Gasteiger partial charge in [-0.1, -0.05) is 133 Å². The number of aromatic nitrogens is 6. The summed E-state index contributed by atoms with van der Waals surface area (Å²) in [7, 11) is 0. The highest BCUT2D eigenvalue weighted by Gasteiger charge is 2.23. The molecule has 0 saturated heterocycles. The summed E-state index contributed by atoms with van der Waals surface area (Å²) in [4.78, 5) is 25.9. The fourth-order valence-electron chi connectivity index (χ4n) is 9.02. The molecule has 8 aromatic carbocycles. The van der Waals surface area contributed by atoms with Crippen LogP contribution in [-0.2, 0) is 0 Å². The van der Waals surface area contributed by atoms with Gasteiger partial charge < -0.3 is 13.4 Å². The number of nitrogens with zero attached hydrogens (tertiary/aromatic N) is 6. The number of para-hydroxylation sites is 4. The van der Waals surface area contributed by atoms with Crippen LogP contribution in [0.5, 0.6) is 0 Å². The first kappa shape index (κ1) is 35.0. The number of fused-ring (bicyclic) bond motifs is 9. The summed E-state index contributed by atoms with van der Waals surface area (Å²) in [6.07, 6.45) is 0. The zero-order valence-electron chi connectivity index (χ0n) is 33.5. The molecule has 0 amide bonds. The van der Waals surface area contributed by atoms with Crippen molar-refractivity contribution in [1.29, 1.82) is 0 Å². The molecule has 5 heterocycles. The van der Waals surface area contributed by atoms with Crippen LogP contribution in [0.1, 0.15) is 0 Å². The lowest BCUT2D eigenvalue weighted by molar-refractivity contribution is 0.666. The maximum atomic E-state index is 6.71. The summed E-state index contributed by atoms with van der Waals surface area (Å²) in [6, 6.07) is 65.8. The molecule has 13 aromatic rings. The van der Waals surface area contributed by atoms with Crippen molar-refractivity contribution < 1.29 is 8.83 Å². The third-order valence-electron chi connectivity index (χ3n) is 11.9. The van der Waals surface area contributed by atoms with E-state index in [2.05, 4.69) is 83.4 Å². The van der Waals surface area contributed by atoms with Crippen LogP contribution in [0, 0.1) is 0 Å². The lowest BCUT2D eigenvalue weighted by Crippen LogP contribution is -2.00. The van der Waals surface area contributed by atoms with Crippen LogP contribution in [0.4, 0.5) is 0 Å². The Balaban J connectivity index is 1.00. The van der Waals surface area contributed by atoms with Crippen molar-refractivity contribution in [3.63, 3.8) is 0 Å². The Labute approximate surface area is 359 Å². The molecule has 0 radical (unpaired) electrons. The molecular formula is C55H32N6O2. The van der Waals surface area contributed by atoms with E-state index >= 15 is 0 Å².